The van der Waals surface area contributed by atoms with Crippen LogP contribution in [0.5, 0.6) is 0 Å². The van der Waals surface area contributed by atoms with Crippen molar-refractivity contribution in [3.63, 3.8) is 0 Å². The fourth-order valence-corrected chi connectivity index (χ4v) is 3.43. The van der Waals surface area contributed by atoms with E-state index in [-0.39, 0.29) is 10.9 Å². The molecule has 0 amide bonds. The molecule has 0 aliphatic carbocycles. The monoisotopic (exact) mass is 263 g/mol. The summed E-state index contributed by atoms with van der Waals surface area (Å²) < 4.78 is 26.4. The first kappa shape index (κ1) is 13.5. The van der Waals surface area contributed by atoms with Gasteiger partial charge in [0.15, 0.2) is 0 Å². The van der Waals surface area contributed by atoms with Crippen molar-refractivity contribution in [2.75, 3.05) is 11.5 Å². The number of nitrogens with one attached hydrogen (secondary N) is 2. The minimum absolute atomic E-state index is 0.0794. The first-order chi connectivity index (χ1) is 7.47. The van der Waals surface area contributed by atoms with Gasteiger partial charge in [-0.15, -0.1) is 0 Å². The summed E-state index contributed by atoms with van der Waals surface area (Å²) in [6, 6.07) is -0.0794. The van der Waals surface area contributed by atoms with Crippen molar-refractivity contribution in [1.29, 1.82) is 0 Å². The van der Waals surface area contributed by atoms with E-state index in [0.29, 0.717) is 5.69 Å². The molecule has 0 fully saturated rings. The first-order valence-corrected chi connectivity index (χ1v) is 7.71. The maximum Gasteiger partial charge on any atom is 0.244 e. The average Bonchev–Trinajstić information content (AvgIpc) is 2.61. The van der Waals surface area contributed by atoms with Crippen LogP contribution < -0.4 is 4.72 Å². The minimum Gasteiger partial charge on any atom is -0.281 e. The number of rotatable bonds is 6. The molecule has 0 radical (unpaired) electrons. The van der Waals surface area contributed by atoms with E-state index in [9.17, 15) is 8.42 Å². The molecule has 0 aromatic carbocycles. The van der Waals surface area contributed by atoms with E-state index in [2.05, 4.69) is 14.9 Å². The number of nitrogens with zero attached hydrogens (tertiary/aromatic N) is 1. The van der Waals surface area contributed by atoms with E-state index in [1.807, 2.05) is 13.8 Å². The topological polar surface area (TPSA) is 74.8 Å². The predicted octanol–water partition coefficient (Wildman–Crippen LogP) is 1.14. The lowest BCUT2D eigenvalue weighted by atomic mass is 10.4. The zero-order chi connectivity index (χ0) is 12.2. The standard InChI is InChI=1S/C9H17N3O2S2/c1-4-15-6-7(2)12-16(13,14)9-5-10-11-8(9)3/h5,7,12H,4,6H2,1-3H3,(H,10,11). The van der Waals surface area contributed by atoms with Crippen LogP contribution in [0.3, 0.4) is 0 Å². The van der Waals surface area contributed by atoms with Gasteiger partial charge in [0.2, 0.25) is 10.0 Å². The molecular formula is C9H17N3O2S2. The zero-order valence-electron chi connectivity index (χ0n) is 9.65. The zero-order valence-corrected chi connectivity index (χ0v) is 11.3. The van der Waals surface area contributed by atoms with Crippen molar-refractivity contribution in [2.45, 2.75) is 31.7 Å². The average molecular weight is 263 g/mol. The number of H-pyrrole nitrogens is 1. The molecule has 1 aromatic heterocycles. The van der Waals surface area contributed by atoms with Crippen LogP contribution >= 0.6 is 11.8 Å². The molecule has 0 saturated heterocycles. The summed E-state index contributed by atoms with van der Waals surface area (Å²) in [4.78, 5) is 0.223. The van der Waals surface area contributed by atoms with Crippen LogP contribution in [0.4, 0.5) is 0 Å². The van der Waals surface area contributed by atoms with Crippen molar-refractivity contribution in [1.82, 2.24) is 14.9 Å². The molecule has 0 spiro atoms. The number of hydrogen-bond acceptors (Lipinski definition) is 4. The molecule has 7 heteroatoms. The number of aryl methyl sites for hydroxylation is 1. The lowest BCUT2D eigenvalue weighted by Crippen LogP contribution is -2.34. The van der Waals surface area contributed by atoms with Crippen LogP contribution in [-0.4, -0.2) is 36.2 Å². The van der Waals surface area contributed by atoms with E-state index in [0.717, 1.165) is 11.5 Å². The summed E-state index contributed by atoms with van der Waals surface area (Å²) in [5.41, 5.74) is 0.558. The molecule has 1 heterocycles. The van der Waals surface area contributed by atoms with Gasteiger partial charge in [0.05, 0.1) is 11.9 Å². The number of hydrogen-bond donors (Lipinski definition) is 2. The van der Waals surface area contributed by atoms with Gasteiger partial charge in [-0.1, -0.05) is 6.92 Å². The van der Waals surface area contributed by atoms with Crippen LogP contribution in [0, 0.1) is 6.92 Å². The van der Waals surface area contributed by atoms with Crippen molar-refractivity contribution in [2.24, 2.45) is 0 Å². The van der Waals surface area contributed by atoms with Gasteiger partial charge in [0.1, 0.15) is 4.90 Å². The Bertz CT molecular complexity index is 428. The maximum absolute atomic E-state index is 11.9. The number of sulfonamides is 1. The Hall–Kier alpha value is -0.530. The number of aromatic amines is 1. The van der Waals surface area contributed by atoms with Crippen LogP contribution in [0.1, 0.15) is 19.5 Å². The lowest BCUT2D eigenvalue weighted by molar-refractivity contribution is 0.570. The van der Waals surface area contributed by atoms with Gasteiger partial charge < -0.3 is 0 Å². The van der Waals surface area contributed by atoms with Gasteiger partial charge in [-0.3, -0.25) is 5.10 Å². The smallest absolute Gasteiger partial charge is 0.244 e. The van der Waals surface area contributed by atoms with Crippen molar-refractivity contribution >= 4 is 21.8 Å². The second-order valence-corrected chi connectivity index (χ2v) is 6.54. The van der Waals surface area contributed by atoms with Crippen molar-refractivity contribution in [3.8, 4) is 0 Å². The minimum atomic E-state index is -3.43. The molecular weight excluding hydrogens is 246 g/mol. The maximum atomic E-state index is 11.9. The summed E-state index contributed by atoms with van der Waals surface area (Å²) in [5.74, 6) is 1.75. The van der Waals surface area contributed by atoms with E-state index in [4.69, 9.17) is 0 Å². The highest BCUT2D eigenvalue weighted by Crippen LogP contribution is 2.12. The highest BCUT2D eigenvalue weighted by Gasteiger charge is 2.20. The Kier molecular flexibility index (Phi) is 4.82. The highest BCUT2D eigenvalue weighted by molar-refractivity contribution is 7.99. The molecule has 2 N–H and O–H groups in total. The van der Waals surface area contributed by atoms with Gasteiger partial charge >= 0.3 is 0 Å². The van der Waals surface area contributed by atoms with Crippen LogP contribution in [0.15, 0.2) is 11.1 Å². The molecule has 5 nitrogen and oxygen atoms in total. The number of thioether (sulfide) groups is 1. The third-order valence-corrected chi connectivity index (χ3v) is 4.85. The second-order valence-electron chi connectivity index (χ2n) is 3.54. The van der Waals surface area contributed by atoms with Gasteiger partial charge in [0, 0.05) is 11.8 Å². The first-order valence-electron chi connectivity index (χ1n) is 5.07. The van der Waals surface area contributed by atoms with Gasteiger partial charge in [-0.25, -0.2) is 13.1 Å². The van der Waals surface area contributed by atoms with E-state index in [1.165, 1.54) is 6.20 Å². The SMILES string of the molecule is CCSCC(C)NS(=O)(=O)c1cn[nH]c1C. The molecule has 0 aliphatic rings. The molecule has 1 aromatic rings. The second kappa shape index (κ2) is 5.70. The highest BCUT2D eigenvalue weighted by atomic mass is 32.2. The third-order valence-electron chi connectivity index (χ3n) is 2.00. The Morgan fingerprint density at radius 2 is 2.31 bits per heavy atom. The fraction of sp³-hybridized carbons (Fsp3) is 0.667. The molecule has 1 atom stereocenters. The van der Waals surface area contributed by atoms with E-state index >= 15 is 0 Å². The molecule has 0 saturated carbocycles. The largest absolute Gasteiger partial charge is 0.281 e. The van der Waals surface area contributed by atoms with Gasteiger partial charge in [0.25, 0.3) is 0 Å². The Morgan fingerprint density at radius 3 is 2.81 bits per heavy atom. The number of aromatic nitrogens is 2. The van der Waals surface area contributed by atoms with Crippen molar-refractivity contribution < 1.29 is 8.42 Å². The molecule has 0 bridgehead atoms. The van der Waals surface area contributed by atoms with Gasteiger partial charge in [-0.2, -0.15) is 16.9 Å². The van der Waals surface area contributed by atoms with E-state index in [1.54, 1.807) is 18.7 Å². The van der Waals surface area contributed by atoms with Crippen molar-refractivity contribution in [3.05, 3.63) is 11.9 Å². The summed E-state index contributed by atoms with van der Waals surface area (Å²) >= 11 is 1.71. The fourth-order valence-electron chi connectivity index (χ4n) is 1.27. The Labute approximate surface area is 100 Å². The summed E-state index contributed by atoms with van der Waals surface area (Å²) in [5, 5.41) is 6.32. The molecule has 92 valence electrons. The third kappa shape index (κ3) is 3.50. The lowest BCUT2D eigenvalue weighted by Gasteiger charge is -2.12. The quantitative estimate of drug-likeness (QED) is 0.807. The summed E-state index contributed by atoms with van der Waals surface area (Å²) in [6.45, 7) is 5.59. The van der Waals surface area contributed by atoms with Crippen LogP contribution in [0.2, 0.25) is 0 Å². The van der Waals surface area contributed by atoms with Crippen LogP contribution in [0.25, 0.3) is 0 Å². The molecule has 1 unspecified atom stereocenters. The van der Waals surface area contributed by atoms with Gasteiger partial charge in [-0.05, 0) is 19.6 Å². The predicted molar refractivity (Wildman–Crippen MR) is 66.1 cm³/mol. The van der Waals surface area contributed by atoms with E-state index < -0.39 is 10.0 Å². The van der Waals surface area contributed by atoms with Crippen LogP contribution in [-0.2, 0) is 10.0 Å². The molecule has 16 heavy (non-hydrogen) atoms. The molecule has 1 rings (SSSR count). The Balaban J connectivity index is 2.69. The summed E-state index contributed by atoms with van der Waals surface area (Å²) in [6.07, 6.45) is 1.33. The molecule has 0 aliphatic heterocycles. The normalized spacial score (nSPS) is 13.9. The summed E-state index contributed by atoms with van der Waals surface area (Å²) in [7, 11) is -3.43. The Morgan fingerprint density at radius 1 is 1.62 bits per heavy atom.